The summed E-state index contributed by atoms with van der Waals surface area (Å²) >= 11 is 10.9. The Morgan fingerprint density at radius 3 is 2.75 bits per heavy atom. The van der Waals surface area contributed by atoms with Gasteiger partial charge in [-0.3, -0.25) is 9.78 Å². The highest BCUT2D eigenvalue weighted by atomic mass is 35.5. The van der Waals surface area contributed by atoms with Crippen LogP contribution < -0.4 is 10.3 Å². The van der Waals surface area contributed by atoms with Crippen molar-refractivity contribution in [3.05, 3.63) is 56.2 Å². The second kappa shape index (κ2) is 5.99. The molecule has 5 nitrogen and oxygen atoms in total. The zero-order valence-corrected chi connectivity index (χ0v) is 13.4. The summed E-state index contributed by atoms with van der Waals surface area (Å²) in [7, 11) is 0. The Morgan fingerprint density at radius 1 is 1.29 bits per heavy atom. The van der Waals surface area contributed by atoms with E-state index in [1.54, 1.807) is 22.9 Å². The maximum atomic E-state index is 12.4. The summed E-state index contributed by atoms with van der Waals surface area (Å²) in [5.74, 6) is -0.497. The second-order valence-electron chi connectivity index (χ2n) is 4.90. The summed E-state index contributed by atoms with van der Waals surface area (Å²) in [6, 6.07) is 5.70. The number of halogens is 4. The lowest BCUT2D eigenvalue weighted by atomic mass is 10.2. The molecule has 0 amide bonds. The van der Waals surface area contributed by atoms with Gasteiger partial charge in [0.2, 0.25) is 0 Å². The van der Waals surface area contributed by atoms with Crippen molar-refractivity contribution in [2.24, 2.45) is 0 Å². The van der Waals surface area contributed by atoms with Crippen molar-refractivity contribution in [2.45, 2.75) is 12.9 Å². The van der Waals surface area contributed by atoms with E-state index in [1.165, 1.54) is 12.1 Å². The van der Waals surface area contributed by atoms with Crippen molar-refractivity contribution in [3.63, 3.8) is 0 Å². The molecule has 126 valence electrons. The SMILES string of the molecule is O=c1[nH]c(=S)n(Cc2ccc(Cl)c(OC(F)(F)F)c2)c2cc[nH]c12. The van der Waals surface area contributed by atoms with Crippen LogP contribution in [0.1, 0.15) is 5.56 Å². The van der Waals surface area contributed by atoms with E-state index < -0.39 is 12.1 Å². The number of aromatic nitrogens is 3. The number of hydrogen-bond donors (Lipinski definition) is 2. The van der Waals surface area contributed by atoms with E-state index in [2.05, 4.69) is 14.7 Å². The molecule has 10 heteroatoms. The van der Waals surface area contributed by atoms with Crippen LogP contribution in [-0.2, 0) is 6.54 Å². The van der Waals surface area contributed by atoms with Crippen molar-refractivity contribution >= 4 is 34.9 Å². The monoisotopic (exact) mass is 375 g/mol. The molecule has 3 aromatic rings. The molecule has 0 bridgehead atoms. The largest absolute Gasteiger partial charge is 0.573 e. The lowest BCUT2D eigenvalue weighted by molar-refractivity contribution is -0.274. The minimum absolute atomic E-state index is 0.134. The van der Waals surface area contributed by atoms with Crippen LogP contribution in [-0.4, -0.2) is 20.9 Å². The molecule has 2 aromatic heterocycles. The van der Waals surface area contributed by atoms with Crippen LogP contribution in [0.2, 0.25) is 5.02 Å². The highest BCUT2D eigenvalue weighted by Gasteiger charge is 2.32. The predicted octanol–water partition coefficient (Wildman–Crippen LogP) is 3.99. The fraction of sp³-hybridized carbons (Fsp3) is 0.143. The van der Waals surface area contributed by atoms with Gasteiger partial charge in [0.25, 0.3) is 5.56 Å². The number of H-pyrrole nitrogens is 2. The molecular weight excluding hydrogens is 367 g/mol. The molecule has 0 aliphatic heterocycles. The summed E-state index contributed by atoms with van der Waals surface area (Å²) in [6.45, 7) is 0.134. The first kappa shape index (κ1) is 16.6. The van der Waals surface area contributed by atoms with E-state index in [0.717, 1.165) is 0 Å². The van der Waals surface area contributed by atoms with Gasteiger partial charge in [-0.05, 0) is 36.0 Å². The van der Waals surface area contributed by atoms with Gasteiger partial charge in [0.05, 0.1) is 17.1 Å². The third kappa shape index (κ3) is 3.31. The van der Waals surface area contributed by atoms with Gasteiger partial charge in [-0.25, -0.2) is 0 Å². The molecule has 0 fully saturated rings. The third-order valence-corrected chi connectivity index (χ3v) is 3.91. The maximum Gasteiger partial charge on any atom is 0.573 e. The average molecular weight is 376 g/mol. The first-order chi connectivity index (χ1) is 11.2. The number of hydrogen-bond acceptors (Lipinski definition) is 3. The number of aromatic amines is 2. The summed E-state index contributed by atoms with van der Waals surface area (Å²) < 4.78 is 42.9. The van der Waals surface area contributed by atoms with Crippen molar-refractivity contribution < 1.29 is 17.9 Å². The van der Waals surface area contributed by atoms with Crippen molar-refractivity contribution in [1.29, 1.82) is 0 Å². The van der Waals surface area contributed by atoms with Gasteiger partial charge in [-0.1, -0.05) is 17.7 Å². The minimum atomic E-state index is -4.84. The van der Waals surface area contributed by atoms with Crippen LogP contribution in [0.3, 0.4) is 0 Å². The van der Waals surface area contributed by atoms with Crippen LogP contribution in [0.15, 0.2) is 35.3 Å². The number of rotatable bonds is 3. The number of alkyl halides is 3. The molecule has 0 saturated heterocycles. The lowest BCUT2D eigenvalue weighted by Gasteiger charge is -2.13. The molecule has 3 rings (SSSR count). The van der Waals surface area contributed by atoms with Gasteiger partial charge in [0.1, 0.15) is 11.3 Å². The second-order valence-corrected chi connectivity index (χ2v) is 5.69. The first-order valence-corrected chi connectivity index (χ1v) is 7.37. The molecule has 1 aromatic carbocycles. The van der Waals surface area contributed by atoms with Crippen LogP contribution in [0.5, 0.6) is 5.75 Å². The molecule has 2 N–H and O–H groups in total. The normalized spacial score (nSPS) is 11.8. The summed E-state index contributed by atoms with van der Waals surface area (Å²) in [5, 5.41) is -0.159. The number of benzene rings is 1. The Bertz CT molecular complexity index is 1020. The molecule has 0 atom stereocenters. The molecule has 0 radical (unpaired) electrons. The number of fused-ring (bicyclic) bond motifs is 1. The Kier molecular flexibility index (Phi) is 4.14. The van der Waals surface area contributed by atoms with Crippen LogP contribution in [0.4, 0.5) is 13.2 Å². The molecule has 2 heterocycles. The highest BCUT2D eigenvalue weighted by Crippen LogP contribution is 2.31. The van der Waals surface area contributed by atoms with Gasteiger partial charge in [0.15, 0.2) is 4.77 Å². The van der Waals surface area contributed by atoms with E-state index >= 15 is 0 Å². The highest BCUT2D eigenvalue weighted by molar-refractivity contribution is 7.71. The maximum absolute atomic E-state index is 12.4. The van der Waals surface area contributed by atoms with Crippen molar-refractivity contribution in [1.82, 2.24) is 14.5 Å². The van der Waals surface area contributed by atoms with Gasteiger partial charge in [0, 0.05) is 6.20 Å². The van der Waals surface area contributed by atoms with Crippen LogP contribution >= 0.6 is 23.8 Å². The average Bonchev–Trinajstić information content (AvgIpc) is 2.95. The molecule has 0 aliphatic rings. The third-order valence-electron chi connectivity index (χ3n) is 3.27. The number of nitrogens with zero attached hydrogens (tertiary/aromatic N) is 1. The Balaban J connectivity index is 2.04. The zero-order chi connectivity index (χ0) is 17.5. The zero-order valence-electron chi connectivity index (χ0n) is 11.8. The van der Waals surface area contributed by atoms with E-state index in [1.807, 2.05) is 0 Å². The molecule has 0 saturated carbocycles. The van der Waals surface area contributed by atoms with Crippen molar-refractivity contribution in [3.8, 4) is 5.75 Å². The topological polar surface area (TPSA) is 62.8 Å². The van der Waals surface area contributed by atoms with Gasteiger partial charge < -0.3 is 14.3 Å². The number of nitrogens with one attached hydrogen (secondary N) is 2. The molecule has 0 aliphatic carbocycles. The number of ether oxygens (including phenoxy) is 1. The van der Waals surface area contributed by atoms with E-state index in [9.17, 15) is 18.0 Å². The predicted molar refractivity (Wildman–Crippen MR) is 85.0 cm³/mol. The molecule has 24 heavy (non-hydrogen) atoms. The minimum Gasteiger partial charge on any atom is -0.404 e. The van der Waals surface area contributed by atoms with Crippen LogP contribution in [0, 0.1) is 4.77 Å². The van der Waals surface area contributed by atoms with Gasteiger partial charge in [-0.2, -0.15) is 0 Å². The Morgan fingerprint density at radius 2 is 2.04 bits per heavy atom. The molecule has 0 unspecified atom stereocenters. The fourth-order valence-electron chi connectivity index (χ4n) is 2.29. The van der Waals surface area contributed by atoms with E-state index in [-0.39, 0.29) is 21.9 Å². The molecular formula is C14H9ClF3N3O2S. The van der Waals surface area contributed by atoms with Gasteiger partial charge in [-0.15, -0.1) is 13.2 Å². The smallest absolute Gasteiger partial charge is 0.404 e. The summed E-state index contributed by atoms with van der Waals surface area (Å²) in [6.07, 6.45) is -3.27. The summed E-state index contributed by atoms with van der Waals surface area (Å²) in [5.41, 5.74) is 0.971. The van der Waals surface area contributed by atoms with Crippen LogP contribution in [0.25, 0.3) is 11.0 Å². The Hall–Kier alpha value is -2.26. The van der Waals surface area contributed by atoms with Crippen molar-refractivity contribution in [2.75, 3.05) is 0 Å². The quantitative estimate of drug-likeness (QED) is 0.680. The van der Waals surface area contributed by atoms with E-state index in [0.29, 0.717) is 16.6 Å². The van der Waals surface area contributed by atoms with Gasteiger partial charge >= 0.3 is 6.36 Å². The standard InChI is InChI=1S/C14H9ClF3N3O2S/c15-8-2-1-7(5-10(8)23-14(16,17)18)6-21-9-3-4-19-11(9)12(22)20-13(21)24/h1-5,19H,6H2,(H,20,22,24). The Labute approximate surface area is 142 Å². The molecule has 0 spiro atoms. The summed E-state index contributed by atoms with van der Waals surface area (Å²) in [4.78, 5) is 17.1. The fourth-order valence-corrected chi connectivity index (χ4v) is 2.70. The first-order valence-electron chi connectivity index (χ1n) is 6.59. The van der Waals surface area contributed by atoms with E-state index in [4.69, 9.17) is 23.8 Å². The lowest BCUT2D eigenvalue weighted by Crippen LogP contribution is -2.18.